The van der Waals surface area contributed by atoms with Crippen molar-refractivity contribution in [2.24, 2.45) is 5.92 Å². The van der Waals surface area contributed by atoms with Crippen LogP contribution in [0.15, 0.2) is 36.4 Å². The van der Waals surface area contributed by atoms with Crippen LogP contribution in [0.3, 0.4) is 0 Å². The molecule has 3 rings (SSSR count). The quantitative estimate of drug-likeness (QED) is 0.801. The molecule has 0 atom stereocenters. The smallest absolute Gasteiger partial charge is 0.319 e. The number of aromatic hydroxyl groups is 1. The Labute approximate surface area is 124 Å². The summed E-state index contributed by atoms with van der Waals surface area (Å²) in [5.41, 5.74) is 0.715. The molecule has 1 fully saturated rings. The number of hydrogen-bond donors (Lipinski definition) is 3. The van der Waals surface area contributed by atoms with E-state index in [1.807, 2.05) is 24.3 Å². The van der Waals surface area contributed by atoms with Crippen LogP contribution < -0.4 is 10.6 Å². The molecule has 2 aromatic rings. The lowest BCUT2D eigenvalue weighted by molar-refractivity contribution is 0.250. The van der Waals surface area contributed by atoms with Crippen molar-refractivity contribution in [3.05, 3.63) is 36.4 Å². The van der Waals surface area contributed by atoms with Gasteiger partial charge in [0.1, 0.15) is 5.75 Å². The molecule has 0 saturated heterocycles. The fraction of sp³-hybridized carbons (Fsp3) is 0.353. The maximum atomic E-state index is 12.0. The monoisotopic (exact) mass is 284 g/mol. The Hall–Kier alpha value is -2.23. The van der Waals surface area contributed by atoms with E-state index in [0.717, 1.165) is 17.3 Å². The van der Waals surface area contributed by atoms with E-state index in [2.05, 4.69) is 10.6 Å². The summed E-state index contributed by atoms with van der Waals surface area (Å²) in [7, 11) is 0. The average molecular weight is 284 g/mol. The number of carbonyl (C=O) groups excluding carboxylic acids is 1. The number of anilines is 1. The number of nitrogens with one attached hydrogen (secondary N) is 2. The van der Waals surface area contributed by atoms with Crippen molar-refractivity contribution >= 4 is 22.5 Å². The minimum Gasteiger partial charge on any atom is -0.507 e. The summed E-state index contributed by atoms with van der Waals surface area (Å²) in [5, 5.41) is 17.2. The van der Waals surface area contributed by atoms with E-state index >= 15 is 0 Å². The molecule has 0 unspecified atom stereocenters. The second-order valence-corrected chi connectivity index (χ2v) is 5.66. The minimum atomic E-state index is -0.183. The molecule has 0 radical (unpaired) electrons. The number of rotatable bonds is 3. The summed E-state index contributed by atoms with van der Waals surface area (Å²) in [6, 6.07) is 10.6. The Bertz CT molecular complexity index is 648. The van der Waals surface area contributed by atoms with Crippen LogP contribution in [0.5, 0.6) is 5.75 Å². The average Bonchev–Trinajstić information content (AvgIpc) is 3.00. The molecule has 4 nitrogen and oxygen atoms in total. The van der Waals surface area contributed by atoms with E-state index < -0.39 is 0 Å². The van der Waals surface area contributed by atoms with Crippen molar-refractivity contribution in [3.63, 3.8) is 0 Å². The van der Waals surface area contributed by atoms with Crippen molar-refractivity contribution < 1.29 is 9.90 Å². The summed E-state index contributed by atoms with van der Waals surface area (Å²) in [6.45, 7) is 0.738. The first-order valence-electron chi connectivity index (χ1n) is 7.49. The van der Waals surface area contributed by atoms with Gasteiger partial charge in [0.05, 0.1) is 5.69 Å². The zero-order valence-electron chi connectivity index (χ0n) is 11.9. The highest BCUT2D eigenvalue weighted by atomic mass is 16.3. The summed E-state index contributed by atoms with van der Waals surface area (Å²) < 4.78 is 0. The van der Waals surface area contributed by atoms with Crippen LogP contribution in [-0.2, 0) is 0 Å². The SMILES string of the molecule is O=C(NCC1CCCC1)Nc1cccc2c(O)cccc12. The van der Waals surface area contributed by atoms with Gasteiger partial charge in [0.15, 0.2) is 0 Å². The van der Waals surface area contributed by atoms with Crippen LogP contribution in [0.25, 0.3) is 10.8 Å². The summed E-state index contributed by atoms with van der Waals surface area (Å²) in [6.07, 6.45) is 4.97. The van der Waals surface area contributed by atoms with Crippen molar-refractivity contribution in [1.29, 1.82) is 0 Å². The topological polar surface area (TPSA) is 61.4 Å². The van der Waals surface area contributed by atoms with Gasteiger partial charge in [-0.3, -0.25) is 0 Å². The first kappa shape index (κ1) is 13.7. The Kier molecular flexibility index (Phi) is 3.95. The molecule has 0 aliphatic heterocycles. The van der Waals surface area contributed by atoms with E-state index in [1.165, 1.54) is 25.7 Å². The molecule has 1 aliphatic rings. The molecule has 4 heteroatoms. The molecule has 1 saturated carbocycles. The largest absolute Gasteiger partial charge is 0.507 e. The highest BCUT2D eigenvalue weighted by Crippen LogP contribution is 2.29. The number of carbonyl (C=O) groups is 1. The van der Waals surface area contributed by atoms with Gasteiger partial charge in [0.25, 0.3) is 0 Å². The molecule has 0 aromatic heterocycles. The van der Waals surface area contributed by atoms with E-state index in [9.17, 15) is 9.90 Å². The fourth-order valence-electron chi connectivity index (χ4n) is 3.02. The number of fused-ring (bicyclic) bond motifs is 1. The van der Waals surface area contributed by atoms with Crippen LogP contribution in [0.2, 0.25) is 0 Å². The standard InChI is InChI=1S/C17H20N2O2/c20-16-10-4-7-13-14(16)8-3-9-15(13)19-17(21)18-11-12-5-1-2-6-12/h3-4,7-10,12,20H,1-2,5-6,11H2,(H2,18,19,21). The summed E-state index contributed by atoms with van der Waals surface area (Å²) >= 11 is 0. The number of hydrogen-bond acceptors (Lipinski definition) is 2. The van der Waals surface area contributed by atoms with Crippen LogP contribution in [-0.4, -0.2) is 17.7 Å². The van der Waals surface area contributed by atoms with Crippen molar-refractivity contribution in [2.45, 2.75) is 25.7 Å². The van der Waals surface area contributed by atoms with Gasteiger partial charge < -0.3 is 15.7 Å². The van der Waals surface area contributed by atoms with Gasteiger partial charge in [-0.25, -0.2) is 4.79 Å². The third-order valence-electron chi connectivity index (χ3n) is 4.17. The maximum absolute atomic E-state index is 12.0. The summed E-state index contributed by atoms with van der Waals surface area (Å²) in [4.78, 5) is 12.0. The molecule has 2 aromatic carbocycles. The van der Waals surface area contributed by atoms with Gasteiger partial charge in [-0.15, -0.1) is 0 Å². The minimum absolute atomic E-state index is 0.183. The molecule has 0 spiro atoms. The Morgan fingerprint density at radius 3 is 2.62 bits per heavy atom. The van der Waals surface area contributed by atoms with Crippen LogP contribution in [0, 0.1) is 5.92 Å². The molecule has 0 bridgehead atoms. The predicted octanol–water partition coefficient (Wildman–Crippen LogP) is 3.86. The van der Waals surface area contributed by atoms with E-state index in [4.69, 9.17) is 0 Å². The molecule has 3 N–H and O–H groups in total. The number of phenols is 1. The van der Waals surface area contributed by atoms with Crippen LogP contribution in [0.1, 0.15) is 25.7 Å². The molecular formula is C17H20N2O2. The van der Waals surface area contributed by atoms with Gasteiger partial charge in [-0.1, -0.05) is 37.1 Å². The van der Waals surface area contributed by atoms with Gasteiger partial charge >= 0.3 is 6.03 Å². The lowest BCUT2D eigenvalue weighted by Crippen LogP contribution is -2.32. The number of phenolic OH excluding ortho intramolecular Hbond substituents is 1. The lowest BCUT2D eigenvalue weighted by atomic mass is 10.1. The molecule has 2 amide bonds. The van der Waals surface area contributed by atoms with Gasteiger partial charge in [-0.05, 0) is 30.9 Å². The van der Waals surface area contributed by atoms with Gasteiger partial charge in [0, 0.05) is 17.3 Å². The van der Waals surface area contributed by atoms with E-state index in [1.54, 1.807) is 12.1 Å². The number of benzene rings is 2. The third-order valence-corrected chi connectivity index (χ3v) is 4.17. The highest BCUT2D eigenvalue weighted by Gasteiger charge is 2.15. The maximum Gasteiger partial charge on any atom is 0.319 e. The number of urea groups is 1. The van der Waals surface area contributed by atoms with Crippen molar-refractivity contribution in [3.8, 4) is 5.75 Å². The molecule has 21 heavy (non-hydrogen) atoms. The lowest BCUT2D eigenvalue weighted by Gasteiger charge is -2.13. The first-order valence-corrected chi connectivity index (χ1v) is 7.49. The highest BCUT2D eigenvalue weighted by molar-refractivity contribution is 6.03. The number of amides is 2. The molecular weight excluding hydrogens is 264 g/mol. The van der Waals surface area contributed by atoms with E-state index in [-0.39, 0.29) is 11.8 Å². The second kappa shape index (κ2) is 6.04. The van der Waals surface area contributed by atoms with E-state index in [0.29, 0.717) is 11.6 Å². The fourth-order valence-corrected chi connectivity index (χ4v) is 3.02. The zero-order chi connectivity index (χ0) is 14.7. The normalized spacial score (nSPS) is 15.2. The molecule has 0 heterocycles. The third kappa shape index (κ3) is 3.10. The van der Waals surface area contributed by atoms with Crippen LogP contribution >= 0.6 is 0 Å². The summed E-state index contributed by atoms with van der Waals surface area (Å²) in [5.74, 6) is 0.842. The van der Waals surface area contributed by atoms with Gasteiger partial charge in [0.2, 0.25) is 0 Å². The van der Waals surface area contributed by atoms with Crippen LogP contribution in [0.4, 0.5) is 10.5 Å². The zero-order valence-corrected chi connectivity index (χ0v) is 11.9. The molecule has 1 aliphatic carbocycles. The first-order chi connectivity index (χ1) is 10.2. The Morgan fingerprint density at radius 2 is 1.81 bits per heavy atom. The van der Waals surface area contributed by atoms with Crippen molar-refractivity contribution in [1.82, 2.24) is 5.32 Å². The predicted molar refractivity (Wildman–Crippen MR) is 84.6 cm³/mol. The molecule has 110 valence electrons. The Morgan fingerprint density at radius 1 is 1.10 bits per heavy atom. The second-order valence-electron chi connectivity index (χ2n) is 5.66. The van der Waals surface area contributed by atoms with Gasteiger partial charge in [-0.2, -0.15) is 0 Å². The van der Waals surface area contributed by atoms with Crippen molar-refractivity contribution in [2.75, 3.05) is 11.9 Å². The Balaban J connectivity index is 1.69.